The summed E-state index contributed by atoms with van der Waals surface area (Å²) in [6.07, 6.45) is 3.74. The minimum atomic E-state index is -1.10. The number of carbonyl (C=O) groups excluding carboxylic acids is 1. The number of hydrogen-bond acceptors (Lipinski definition) is 4. The van der Waals surface area contributed by atoms with Crippen LogP contribution in [-0.4, -0.2) is 21.3 Å². The van der Waals surface area contributed by atoms with Gasteiger partial charge in [0.15, 0.2) is 4.32 Å². The van der Waals surface area contributed by atoms with Crippen molar-refractivity contribution in [3.8, 4) is 0 Å². The number of carboxylic acid groups (broad SMARTS) is 1. The van der Waals surface area contributed by atoms with Crippen LogP contribution < -0.4 is 4.90 Å². The number of benzene rings is 2. The predicted molar refractivity (Wildman–Crippen MR) is 109 cm³/mol. The summed E-state index contributed by atoms with van der Waals surface area (Å²) in [6, 6.07) is 16.1. The average molecular weight is 381 g/mol. The molecule has 2 aromatic carbocycles. The summed E-state index contributed by atoms with van der Waals surface area (Å²) in [6.45, 7) is 1.91. The van der Waals surface area contributed by atoms with Gasteiger partial charge in [-0.3, -0.25) is 9.69 Å². The minimum absolute atomic E-state index is 0.0431. The number of hydrogen-bond donors (Lipinski definition) is 1. The van der Waals surface area contributed by atoms with Crippen molar-refractivity contribution in [3.63, 3.8) is 0 Å². The smallest absolute Gasteiger partial charge is 0.337 e. The third kappa shape index (κ3) is 3.76. The second-order valence-corrected chi connectivity index (χ2v) is 7.31. The molecule has 0 radical (unpaired) electrons. The number of thioether (sulfide) groups is 1. The summed E-state index contributed by atoms with van der Waals surface area (Å²) >= 11 is 6.49. The Morgan fingerprint density at radius 1 is 1.12 bits per heavy atom. The second-order valence-electron chi connectivity index (χ2n) is 5.64. The van der Waals surface area contributed by atoms with Gasteiger partial charge >= 0.3 is 5.97 Å². The lowest BCUT2D eigenvalue weighted by atomic mass is 10.1. The van der Waals surface area contributed by atoms with Crippen LogP contribution in [0.25, 0.3) is 6.08 Å². The van der Waals surface area contributed by atoms with E-state index in [4.69, 9.17) is 12.2 Å². The normalized spacial score (nSPS) is 16.4. The Kier molecular flexibility index (Phi) is 5.35. The molecule has 1 heterocycles. The van der Waals surface area contributed by atoms with E-state index < -0.39 is 5.97 Å². The third-order valence-electron chi connectivity index (χ3n) is 3.72. The first-order valence-electron chi connectivity index (χ1n) is 7.81. The maximum absolute atomic E-state index is 12.8. The van der Waals surface area contributed by atoms with Gasteiger partial charge in [0.25, 0.3) is 5.91 Å². The summed E-state index contributed by atoms with van der Waals surface area (Å²) in [5.74, 6) is -1.41. The number of nitrogens with zero attached hydrogens (tertiary/aromatic N) is 1. The average Bonchev–Trinajstić information content (AvgIpc) is 2.89. The number of carboxylic acids is 1. The number of rotatable bonds is 4. The molecule has 0 atom stereocenters. The predicted octanol–water partition coefficient (Wildman–Crippen LogP) is 4.74. The molecule has 1 saturated heterocycles. The van der Waals surface area contributed by atoms with Crippen LogP contribution in [0.1, 0.15) is 22.8 Å². The van der Waals surface area contributed by atoms with Gasteiger partial charge in [-0.2, -0.15) is 0 Å². The van der Waals surface area contributed by atoms with E-state index in [0.717, 1.165) is 11.1 Å². The Morgan fingerprint density at radius 2 is 1.77 bits per heavy atom. The van der Waals surface area contributed by atoms with E-state index in [9.17, 15) is 14.7 Å². The first kappa shape index (κ1) is 18.1. The van der Waals surface area contributed by atoms with Crippen molar-refractivity contribution in [2.75, 3.05) is 4.90 Å². The number of aromatic carboxylic acids is 1. The Labute approximate surface area is 160 Å². The molecule has 130 valence electrons. The number of carbonyl (C=O) groups is 2. The Morgan fingerprint density at radius 3 is 2.46 bits per heavy atom. The molecule has 3 rings (SSSR count). The molecule has 0 unspecified atom stereocenters. The van der Waals surface area contributed by atoms with E-state index >= 15 is 0 Å². The number of anilines is 1. The number of allylic oxidation sites excluding steroid dienone is 2. The molecule has 2 aromatic rings. The van der Waals surface area contributed by atoms with Gasteiger partial charge in [-0.05, 0) is 36.3 Å². The lowest BCUT2D eigenvalue weighted by Gasteiger charge is -2.16. The quantitative estimate of drug-likeness (QED) is 0.612. The molecule has 1 fully saturated rings. The van der Waals surface area contributed by atoms with E-state index in [-0.39, 0.29) is 17.2 Å². The highest BCUT2D eigenvalue weighted by atomic mass is 32.2. The van der Waals surface area contributed by atoms with E-state index in [2.05, 4.69) is 0 Å². The Hall–Kier alpha value is -2.70. The van der Waals surface area contributed by atoms with Crippen LogP contribution in [-0.2, 0) is 4.79 Å². The number of thiocarbonyl (C=S) groups is 1. The highest BCUT2D eigenvalue weighted by Crippen LogP contribution is 2.37. The Bertz CT molecular complexity index is 949. The summed E-state index contributed by atoms with van der Waals surface area (Å²) in [5, 5.41) is 9.36. The van der Waals surface area contributed by atoms with E-state index in [0.29, 0.717) is 9.23 Å². The fourth-order valence-electron chi connectivity index (χ4n) is 2.59. The first-order valence-corrected chi connectivity index (χ1v) is 9.03. The van der Waals surface area contributed by atoms with Crippen molar-refractivity contribution in [3.05, 3.63) is 82.3 Å². The molecule has 0 saturated carbocycles. The zero-order valence-corrected chi connectivity index (χ0v) is 15.5. The molecule has 1 aliphatic heterocycles. The third-order valence-corrected chi connectivity index (χ3v) is 5.02. The largest absolute Gasteiger partial charge is 0.478 e. The summed E-state index contributed by atoms with van der Waals surface area (Å²) in [7, 11) is 0. The molecule has 0 aromatic heterocycles. The first-order chi connectivity index (χ1) is 12.5. The van der Waals surface area contributed by atoms with E-state index in [1.807, 2.05) is 43.3 Å². The monoisotopic (exact) mass is 381 g/mol. The van der Waals surface area contributed by atoms with Gasteiger partial charge in [0, 0.05) is 0 Å². The summed E-state index contributed by atoms with van der Waals surface area (Å²) in [5.41, 5.74) is 2.27. The molecule has 0 bridgehead atoms. The van der Waals surface area contributed by atoms with Crippen molar-refractivity contribution in [2.24, 2.45) is 0 Å². The van der Waals surface area contributed by atoms with Gasteiger partial charge in [-0.1, -0.05) is 72.5 Å². The van der Waals surface area contributed by atoms with Gasteiger partial charge in [0.2, 0.25) is 0 Å². The molecule has 26 heavy (non-hydrogen) atoms. The Balaban J connectivity index is 1.93. The minimum Gasteiger partial charge on any atom is -0.478 e. The zero-order valence-electron chi connectivity index (χ0n) is 13.9. The topological polar surface area (TPSA) is 57.6 Å². The van der Waals surface area contributed by atoms with Gasteiger partial charge in [0.05, 0.1) is 16.2 Å². The lowest BCUT2D eigenvalue weighted by molar-refractivity contribution is -0.113. The van der Waals surface area contributed by atoms with Crippen LogP contribution >= 0.6 is 24.0 Å². The van der Waals surface area contributed by atoms with E-state index in [1.54, 1.807) is 24.3 Å². The van der Waals surface area contributed by atoms with Crippen LogP contribution in [0, 0.1) is 0 Å². The number of para-hydroxylation sites is 1. The van der Waals surface area contributed by atoms with Crippen LogP contribution in [0.4, 0.5) is 5.69 Å². The van der Waals surface area contributed by atoms with Gasteiger partial charge < -0.3 is 5.11 Å². The molecule has 1 aliphatic rings. The fourth-order valence-corrected chi connectivity index (χ4v) is 3.92. The summed E-state index contributed by atoms with van der Waals surface area (Å²) in [4.78, 5) is 26.0. The van der Waals surface area contributed by atoms with Gasteiger partial charge in [-0.15, -0.1) is 0 Å². The van der Waals surface area contributed by atoms with Crippen molar-refractivity contribution in [1.29, 1.82) is 0 Å². The van der Waals surface area contributed by atoms with Crippen LogP contribution in [0.3, 0.4) is 0 Å². The fraction of sp³-hybridized carbons (Fsp3) is 0.0500. The standard InChI is InChI=1S/C20H15NO3S2/c1-13(11-14-7-3-2-4-8-14)12-17-18(22)21(20(25)26-17)16-10-6-5-9-15(16)19(23)24/h2-12H,1H3,(H,23,24). The summed E-state index contributed by atoms with van der Waals surface area (Å²) < 4.78 is 0.322. The SMILES string of the molecule is CC(=Cc1ccccc1)C=C1SC(=S)N(c2ccccc2C(=O)O)C1=O. The molecule has 4 nitrogen and oxygen atoms in total. The van der Waals surface area contributed by atoms with Crippen LogP contribution in [0.15, 0.2) is 71.2 Å². The van der Waals surface area contributed by atoms with Crippen LogP contribution in [0.2, 0.25) is 0 Å². The highest BCUT2D eigenvalue weighted by molar-refractivity contribution is 8.27. The molecule has 6 heteroatoms. The van der Waals surface area contributed by atoms with Gasteiger partial charge in [-0.25, -0.2) is 4.79 Å². The zero-order chi connectivity index (χ0) is 18.7. The second kappa shape index (κ2) is 7.68. The molecular formula is C20H15NO3S2. The van der Waals surface area contributed by atoms with E-state index in [1.165, 1.54) is 22.7 Å². The van der Waals surface area contributed by atoms with Crippen molar-refractivity contribution in [1.82, 2.24) is 0 Å². The van der Waals surface area contributed by atoms with Crippen molar-refractivity contribution >= 4 is 51.9 Å². The molecule has 1 amide bonds. The van der Waals surface area contributed by atoms with Crippen molar-refractivity contribution in [2.45, 2.75) is 6.92 Å². The molecule has 1 N–H and O–H groups in total. The van der Waals surface area contributed by atoms with Gasteiger partial charge in [0.1, 0.15) is 0 Å². The molecule has 0 spiro atoms. The molecular weight excluding hydrogens is 366 g/mol. The number of amides is 1. The highest BCUT2D eigenvalue weighted by Gasteiger charge is 2.35. The maximum Gasteiger partial charge on any atom is 0.337 e. The lowest BCUT2D eigenvalue weighted by Crippen LogP contribution is -2.29. The van der Waals surface area contributed by atoms with Crippen LogP contribution in [0.5, 0.6) is 0 Å². The van der Waals surface area contributed by atoms with Crippen molar-refractivity contribution < 1.29 is 14.7 Å². The maximum atomic E-state index is 12.8. The molecule has 0 aliphatic carbocycles.